The zero-order valence-electron chi connectivity index (χ0n) is 9.46. The van der Waals surface area contributed by atoms with Crippen molar-refractivity contribution in [2.45, 2.75) is 32.4 Å². The molecule has 0 aliphatic rings. The van der Waals surface area contributed by atoms with Crippen LogP contribution in [0.3, 0.4) is 0 Å². The number of aliphatic hydroxyl groups is 1. The number of ether oxygens (including phenoxy) is 1. The van der Waals surface area contributed by atoms with E-state index in [0.717, 1.165) is 18.7 Å². The Morgan fingerprint density at radius 2 is 2.50 bits per heavy atom. The average molecular weight is 223 g/mol. The monoisotopic (exact) mass is 223 g/mol. The zero-order valence-corrected chi connectivity index (χ0v) is 9.46. The van der Waals surface area contributed by atoms with Gasteiger partial charge in [-0.15, -0.1) is 0 Å². The normalized spacial score (nSPS) is 12.3. The minimum Gasteiger partial charge on any atom is -0.396 e. The third kappa shape index (κ3) is 3.33. The van der Waals surface area contributed by atoms with E-state index < -0.39 is 6.10 Å². The number of nitriles is 1. The van der Waals surface area contributed by atoms with Crippen LogP contribution in [0.1, 0.15) is 31.6 Å². The standard InChI is InChI=1S/C11H17N3O2/c1-2-4-14-9-13-8-10(14)11(7-12)16-6-3-5-15/h8-9,11,15H,2-6H2,1H3. The van der Waals surface area contributed by atoms with Crippen LogP contribution >= 0.6 is 0 Å². The topological polar surface area (TPSA) is 71.1 Å². The van der Waals surface area contributed by atoms with Crippen molar-refractivity contribution in [1.82, 2.24) is 9.55 Å². The summed E-state index contributed by atoms with van der Waals surface area (Å²) in [5.41, 5.74) is 0.780. The first kappa shape index (κ1) is 12.7. The Morgan fingerprint density at radius 3 is 3.12 bits per heavy atom. The molecular formula is C11H17N3O2. The predicted octanol–water partition coefficient (Wildman–Crippen LogP) is 1.26. The van der Waals surface area contributed by atoms with E-state index in [4.69, 9.17) is 15.1 Å². The van der Waals surface area contributed by atoms with Gasteiger partial charge >= 0.3 is 0 Å². The first-order chi connectivity index (χ1) is 7.83. The first-order valence-corrected chi connectivity index (χ1v) is 5.45. The maximum Gasteiger partial charge on any atom is 0.185 e. The maximum absolute atomic E-state index is 9.01. The molecule has 0 aliphatic carbocycles. The van der Waals surface area contributed by atoms with Gasteiger partial charge in [0.05, 0.1) is 24.8 Å². The van der Waals surface area contributed by atoms with Crippen LogP contribution in [-0.4, -0.2) is 27.9 Å². The number of aromatic nitrogens is 2. The SMILES string of the molecule is CCCn1cncc1C(C#N)OCCCO. The lowest BCUT2D eigenvalue weighted by Gasteiger charge is -2.12. The molecule has 0 aromatic carbocycles. The van der Waals surface area contributed by atoms with Gasteiger partial charge in [0.15, 0.2) is 6.10 Å². The van der Waals surface area contributed by atoms with E-state index in [2.05, 4.69) is 18.0 Å². The molecule has 0 aliphatic heterocycles. The summed E-state index contributed by atoms with van der Waals surface area (Å²) in [5.74, 6) is 0. The van der Waals surface area contributed by atoms with Crippen molar-refractivity contribution >= 4 is 0 Å². The fourth-order valence-electron chi connectivity index (χ4n) is 1.43. The molecule has 5 nitrogen and oxygen atoms in total. The molecule has 1 N–H and O–H groups in total. The molecule has 1 unspecified atom stereocenters. The number of hydrogen-bond donors (Lipinski definition) is 1. The highest BCUT2D eigenvalue weighted by molar-refractivity contribution is 5.11. The molecule has 0 bridgehead atoms. The van der Waals surface area contributed by atoms with Crippen LogP contribution in [0, 0.1) is 11.3 Å². The van der Waals surface area contributed by atoms with Crippen molar-refractivity contribution < 1.29 is 9.84 Å². The molecule has 1 heterocycles. The highest BCUT2D eigenvalue weighted by atomic mass is 16.5. The molecule has 88 valence electrons. The lowest BCUT2D eigenvalue weighted by molar-refractivity contribution is 0.0727. The van der Waals surface area contributed by atoms with Gasteiger partial charge < -0.3 is 14.4 Å². The molecule has 0 saturated heterocycles. The summed E-state index contributed by atoms with van der Waals surface area (Å²) in [6.07, 6.45) is 4.29. The van der Waals surface area contributed by atoms with E-state index in [9.17, 15) is 0 Å². The molecule has 1 atom stereocenters. The van der Waals surface area contributed by atoms with Crippen LogP contribution in [0.15, 0.2) is 12.5 Å². The van der Waals surface area contributed by atoms with Crippen LogP contribution in [0.4, 0.5) is 0 Å². The Hall–Kier alpha value is -1.38. The van der Waals surface area contributed by atoms with Gasteiger partial charge in [-0.1, -0.05) is 6.92 Å². The van der Waals surface area contributed by atoms with Crippen molar-refractivity contribution in [3.05, 3.63) is 18.2 Å². The molecule has 0 fully saturated rings. The smallest absolute Gasteiger partial charge is 0.185 e. The predicted molar refractivity (Wildman–Crippen MR) is 58.5 cm³/mol. The van der Waals surface area contributed by atoms with Crippen LogP contribution in [0.2, 0.25) is 0 Å². The Labute approximate surface area is 95.3 Å². The Balaban J connectivity index is 2.63. The van der Waals surface area contributed by atoms with Gasteiger partial charge in [0.1, 0.15) is 6.07 Å². The largest absolute Gasteiger partial charge is 0.396 e. The minimum absolute atomic E-state index is 0.0758. The summed E-state index contributed by atoms with van der Waals surface area (Å²) in [6.45, 7) is 3.35. The molecule has 0 radical (unpaired) electrons. The lowest BCUT2D eigenvalue weighted by atomic mass is 10.3. The van der Waals surface area contributed by atoms with Gasteiger partial charge in [-0.3, -0.25) is 0 Å². The van der Waals surface area contributed by atoms with Gasteiger partial charge in [-0.2, -0.15) is 5.26 Å². The Morgan fingerprint density at radius 1 is 1.69 bits per heavy atom. The van der Waals surface area contributed by atoms with Gasteiger partial charge in [-0.25, -0.2) is 4.98 Å². The number of rotatable bonds is 7. The van der Waals surface area contributed by atoms with Crippen molar-refractivity contribution in [2.24, 2.45) is 0 Å². The minimum atomic E-state index is -0.597. The quantitative estimate of drug-likeness (QED) is 0.706. The molecule has 1 aromatic rings. The van der Waals surface area contributed by atoms with E-state index >= 15 is 0 Å². The third-order valence-electron chi connectivity index (χ3n) is 2.18. The molecule has 5 heteroatoms. The van der Waals surface area contributed by atoms with Crippen molar-refractivity contribution in [3.8, 4) is 6.07 Å². The second-order valence-corrected chi connectivity index (χ2v) is 3.47. The van der Waals surface area contributed by atoms with Gasteiger partial charge in [0.2, 0.25) is 0 Å². The summed E-state index contributed by atoms with van der Waals surface area (Å²) >= 11 is 0. The molecular weight excluding hydrogens is 206 g/mol. The van der Waals surface area contributed by atoms with Crippen LogP contribution in [-0.2, 0) is 11.3 Å². The van der Waals surface area contributed by atoms with Crippen LogP contribution in [0.25, 0.3) is 0 Å². The highest BCUT2D eigenvalue weighted by Gasteiger charge is 2.15. The fraction of sp³-hybridized carbons (Fsp3) is 0.636. The molecule has 0 saturated carbocycles. The average Bonchev–Trinajstić information content (AvgIpc) is 2.73. The van der Waals surface area contributed by atoms with Gasteiger partial charge in [0.25, 0.3) is 0 Å². The Kier molecular flexibility index (Phi) is 5.54. The van der Waals surface area contributed by atoms with Gasteiger partial charge in [-0.05, 0) is 12.8 Å². The first-order valence-electron chi connectivity index (χ1n) is 5.45. The molecule has 1 rings (SSSR count). The number of aryl methyl sites for hydroxylation is 1. The van der Waals surface area contributed by atoms with E-state index in [1.54, 1.807) is 12.5 Å². The molecule has 0 amide bonds. The second kappa shape index (κ2) is 6.99. The van der Waals surface area contributed by atoms with E-state index in [1.807, 2.05) is 4.57 Å². The number of nitrogens with zero attached hydrogens (tertiary/aromatic N) is 3. The lowest BCUT2D eigenvalue weighted by Crippen LogP contribution is -2.10. The van der Waals surface area contributed by atoms with Crippen molar-refractivity contribution in [3.63, 3.8) is 0 Å². The summed E-state index contributed by atoms with van der Waals surface area (Å²) in [4.78, 5) is 4.02. The van der Waals surface area contributed by atoms with Crippen molar-refractivity contribution in [2.75, 3.05) is 13.2 Å². The maximum atomic E-state index is 9.01. The van der Waals surface area contributed by atoms with Crippen LogP contribution in [0.5, 0.6) is 0 Å². The Bertz CT molecular complexity index is 343. The van der Waals surface area contributed by atoms with E-state index in [-0.39, 0.29) is 6.61 Å². The van der Waals surface area contributed by atoms with Crippen molar-refractivity contribution in [1.29, 1.82) is 5.26 Å². The number of imidazole rings is 1. The number of aliphatic hydroxyl groups excluding tert-OH is 1. The molecule has 16 heavy (non-hydrogen) atoms. The number of hydrogen-bond acceptors (Lipinski definition) is 4. The highest BCUT2D eigenvalue weighted by Crippen LogP contribution is 2.16. The van der Waals surface area contributed by atoms with E-state index in [0.29, 0.717) is 13.0 Å². The molecule has 0 spiro atoms. The second-order valence-electron chi connectivity index (χ2n) is 3.47. The third-order valence-corrected chi connectivity index (χ3v) is 2.18. The summed E-state index contributed by atoms with van der Waals surface area (Å²) in [7, 11) is 0. The summed E-state index contributed by atoms with van der Waals surface area (Å²) < 4.78 is 7.30. The summed E-state index contributed by atoms with van der Waals surface area (Å²) in [6, 6.07) is 2.10. The fourth-order valence-corrected chi connectivity index (χ4v) is 1.43. The van der Waals surface area contributed by atoms with E-state index in [1.165, 1.54) is 0 Å². The molecule has 1 aromatic heterocycles. The van der Waals surface area contributed by atoms with Gasteiger partial charge in [0, 0.05) is 13.2 Å². The summed E-state index contributed by atoms with van der Waals surface area (Å²) in [5, 5.41) is 17.7. The zero-order chi connectivity index (χ0) is 11.8. The van der Waals surface area contributed by atoms with Crippen LogP contribution < -0.4 is 0 Å².